The van der Waals surface area contributed by atoms with Crippen LogP contribution in [-0.2, 0) is 0 Å². The first-order valence-corrected chi connectivity index (χ1v) is 9.24. The summed E-state index contributed by atoms with van der Waals surface area (Å²) >= 11 is 1.46. The maximum absolute atomic E-state index is 12.8. The van der Waals surface area contributed by atoms with Crippen LogP contribution in [0.2, 0.25) is 0 Å². The van der Waals surface area contributed by atoms with Gasteiger partial charge in [-0.15, -0.1) is 23.7 Å². The lowest BCUT2D eigenvalue weighted by Crippen LogP contribution is -2.54. The molecule has 0 saturated heterocycles. The maximum Gasteiger partial charge on any atom is 0.261 e. The molecule has 0 saturated carbocycles. The number of hydrogen-bond donors (Lipinski definition) is 2. The number of para-hydroxylation sites is 1. The third kappa shape index (κ3) is 3.63. The molecule has 1 amide bonds. The SMILES string of the molecule is Cc1nn(-c2ccccc2)c2sc(C(=O)NC(C)(CN)C(C)C)cc12.Cl. The summed E-state index contributed by atoms with van der Waals surface area (Å²) in [5.74, 6) is 0.166. The molecule has 0 spiro atoms. The number of amides is 1. The molecule has 2 heterocycles. The lowest BCUT2D eigenvalue weighted by molar-refractivity contribution is 0.0887. The predicted molar refractivity (Wildman–Crippen MR) is 111 cm³/mol. The molecule has 26 heavy (non-hydrogen) atoms. The number of nitrogens with zero attached hydrogens (tertiary/aromatic N) is 2. The number of hydrogen-bond acceptors (Lipinski definition) is 4. The van der Waals surface area contributed by atoms with Gasteiger partial charge in [-0.05, 0) is 38.0 Å². The lowest BCUT2D eigenvalue weighted by Gasteiger charge is -2.33. The molecule has 0 fully saturated rings. The monoisotopic (exact) mass is 392 g/mol. The number of thiophene rings is 1. The molecular formula is C19H25ClN4OS. The van der Waals surface area contributed by atoms with E-state index in [1.165, 1.54) is 11.3 Å². The zero-order valence-electron chi connectivity index (χ0n) is 15.4. The molecule has 1 aromatic carbocycles. The summed E-state index contributed by atoms with van der Waals surface area (Å²) in [6.45, 7) is 8.48. The number of fused-ring (bicyclic) bond motifs is 1. The van der Waals surface area contributed by atoms with Crippen LogP contribution in [0.15, 0.2) is 36.4 Å². The van der Waals surface area contributed by atoms with Gasteiger partial charge in [0.15, 0.2) is 0 Å². The normalized spacial score (nSPS) is 13.5. The number of carbonyl (C=O) groups excluding carboxylic acids is 1. The third-order valence-corrected chi connectivity index (χ3v) is 5.98. The highest BCUT2D eigenvalue weighted by atomic mass is 35.5. The Hall–Kier alpha value is -1.89. The fourth-order valence-corrected chi connectivity index (χ4v) is 3.73. The van der Waals surface area contributed by atoms with Crippen molar-refractivity contribution in [2.75, 3.05) is 6.54 Å². The minimum Gasteiger partial charge on any atom is -0.345 e. The third-order valence-electron chi connectivity index (χ3n) is 4.87. The lowest BCUT2D eigenvalue weighted by atomic mass is 9.88. The molecule has 1 unspecified atom stereocenters. The van der Waals surface area contributed by atoms with Gasteiger partial charge in [-0.2, -0.15) is 5.10 Å². The molecule has 140 valence electrons. The van der Waals surface area contributed by atoms with Crippen molar-refractivity contribution in [3.8, 4) is 5.69 Å². The molecule has 0 aliphatic heterocycles. The van der Waals surface area contributed by atoms with Gasteiger partial charge in [0.1, 0.15) is 4.83 Å². The van der Waals surface area contributed by atoms with E-state index in [4.69, 9.17) is 5.73 Å². The van der Waals surface area contributed by atoms with Gasteiger partial charge in [-0.25, -0.2) is 4.68 Å². The fraction of sp³-hybridized carbons (Fsp3) is 0.368. The second-order valence-electron chi connectivity index (χ2n) is 6.89. The van der Waals surface area contributed by atoms with Crippen molar-refractivity contribution in [2.45, 2.75) is 33.2 Å². The van der Waals surface area contributed by atoms with Crippen LogP contribution in [0.1, 0.15) is 36.1 Å². The van der Waals surface area contributed by atoms with Crippen molar-refractivity contribution in [3.63, 3.8) is 0 Å². The Morgan fingerprint density at radius 2 is 2.00 bits per heavy atom. The van der Waals surface area contributed by atoms with Crippen LogP contribution in [-0.4, -0.2) is 27.8 Å². The van der Waals surface area contributed by atoms with Crippen molar-refractivity contribution in [1.29, 1.82) is 0 Å². The number of nitrogens with one attached hydrogen (secondary N) is 1. The molecule has 3 N–H and O–H groups in total. The van der Waals surface area contributed by atoms with E-state index in [0.717, 1.165) is 21.6 Å². The second-order valence-corrected chi connectivity index (χ2v) is 7.92. The van der Waals surface area contributed by atoms with Gasteiger partial charge in [0.2, 0.25) is 0 Å². The van der Waals surface area contributed by atoms with Crippen LogP contribution in [0.4, 0.5) is 0 Å². The van der Waals surface area contributed by atoms with Gasteiger partial charge in [0.05, 0.1) is 21.8 Å². The van der Waals surface area contributed by atoms with Crippen molar-refractivity contribution in [1.82, 2.24) is 15.1 Å². The molecule has 0 aliphatic rings. The number of halogens is 1. The molecular weight excluding hydrogens is 368 g/mol. The number of aromatic nitrogens is 2. The molecule has 0 aliphatic carbocycles. The van der Waals surface area contributed by atoms with Crippen LogP contribution < -0.4 is 11.1 Å². The van der Waals surface area contributed by atoms with Crippen LogP contribution in [0.5, 0.6) is 0 Å². The Labute approximate surface area is 164 Å². The van der Waals surface area contributed by atoms with Crippen LogP contribution >= 0.6 is 23.7 Å². The summed E-state index contributed by atoms with van der Waals surface area (Å²) in [6, 6.07) is 11.9. The highest BCUT2D eigenvalue weighted by Crippen LogP contribution is 2.30. The Morgan fingerprint density at radius 3 is 2.58 bits per heavy atom. The number of benzene rings is 1. The Bertz CT molecular complexity index is 903. The van der Waals surface area contributed by atoms with Gasteiger partial charge in [0.25, 0.3) is 5.91 Å². The van der Waals surface area contributed by atoms with Gasteiger partial charge >= 0.3 is 0 Å². The highest BCUT2D eigenvalue weighted by molar-refractivity contribution is 7.20. The van der Waals surface area contributed by atoms with E-state index >= 15 is 0 Å². The van der Waals surface area contributed by atoms with Crippen LogP contribution in [0.25, 0.3) is 15.9 Å². The fourth-order valence-electron chi connectivity index (χ4n) is 2.66. The minimum absolute atomic E-state index is 0. The highest BCUT2D eigenvalue weighted by Gasteiger charge is 2.30. The Morgan fingerprint density at radius 1 is 1.35 bits per heavy atom. The molecule has 0 radical (unpaired) electrons. The molecule has 7 heteroatoms. The number of carbonyl (C=O) groups is 1. The summed E-state index contributed by atoms with van der Waals surface area (Å²) < 4.78 is 1.90. The molecule has 0 bridgehead atoms. The van der Waals surface area contributed by atoms with E-state index in [1.54, 1.807) is 0 Å². The summed E-state index contributed by atoms with van der Waals surface area (Å²) in [4.78, 5) is 14.4. The number of aryl methyl sites for hydroxylation is 1. The smallest absolute Gasteiger partial charge is 0.261 e. The summed E-state index contributed by atoms with van der Waals surface area (Å²) in [5, 5.41) is 8.73. The van der Waals surface area contributed by atoms with Crippen molar-refractivity contribution in [3.05, 3.63) is 47.0 Å². The van der Waals surface area contributed by atoms with Crippen LogP contribution in [0, 0.1) is 12.8 Å². The van der Waals surface area contributed by atoms with E-state index in [-0.39, 0.29) is 24.2 Å². The first-order chi connectivity index (χ1) is 11.9. The Balaban J connectivity index is 0.00000243. The first-order valence-electron chi connectivity index (χ1n) is 8.43. The van der Waals surface area contributed by atoms with Crippen molar-refractivity contribution >= 4 is 39.9 Å². The molecule has 3 aromatic rings. The number of rotatable bonds is 5. The average molecular weight is 393 g/mol. The number of nitrogens with two attached hydrogens (primary N) is 1. The summed E-state index contributed by atoms with van der Waals surface area (Å²) in [5.41, 5.74) is 7.37. The maximum atomic E-state index is 12.8. The minimum atomic E-state index is -0.423. The second kappa shape index (κ2) is 7.78. The van der Waals surface area contributed by atoms with Crippen molar-refractivity contribution < 1.29 is 4.79 Å². The molecule has 2 aromatic heterocycles. The largest absolute Gasteiger partial charge is 0.345 e. The zero-order valence-corrected chi connectivity index (χ0v) is 17.1. The Kier molecular flexibility index (Phi) is 6.11. The zero-order chi connectivity index (χ0) is 18.2. The van der Waals surface area contributed by atoms with E-state index < -0.39 is 5.54 Å². The van der Waals surface area contributed by atoms with Crippen LogP contribution in [0.3, 0.4) is 0 Å². The molecule has 1 atom stereocenters. The van der Waals surface area contributed by atoms with E-state index in [1.807, 2.05) is 54.9 Å². The van der Waals surface area contributed by atoms with E-state index in [2.05, 4.69) is 24.3 Å². The standard InChI is InChI=1S/C19H24N4OS.ClH/c1-12(2)19(4,11-20)21-17(24)16-10-15-13(3)22-23(18(15)25-16)14-8-6-5-7-9-14;/h5-10,12H,11,20H2,1-4H3,(H,21,24);1H. The van der Waals surface area contributed by atoms with E-state index in [9.17, 15) is 4.79 Å². The van der Waals surface area contributed by atoms with Crippen molar-refractivity contribution in [2.24, 2.45) is 11.7 Å². The summed E-state index contributed by atoms with van der Waals surface area (Å²) in [6.07, 6.45) is 0. The topological polar surface area (TPSA) is 72.9 Å². The molecule has 3 rings (SSSR count). The van der Waals surface area contributed by atoms with Gasteiger partial charge < -0.3 is 11.1 Å². The predicted octanol–water partition coefficient (Wildman–Crippen LogP) is 3.92. The summed E-state index contributed by atoms with van der Waals surface area (Å²) in [7, 11) is 0. The average Bonchev–Trinajstić information content (AvgIpc) is 3.16. The van der Waals surface area contributed by atoms with Gasteiger partial charge in [-0.3, -0.25) is 4.79 Å². The van der Waals surface area contributed by atoms with Gasteiger partial charge in [0, 0.05) is 11.9 Å². The van der Waals surface area contributed by atoms with E-state index in [0.29, 0.717) is 11.4 Å². The van der Waals surface area contributed by atoms with Gasteiger partial charge in [-0.1, -0.05) is 32.0 Å². The first kappa shape index (κ1) is 20.4. The quantitative estimate of drug-likeness (QED) is 0.691. The molecule has 5 nitrogen and oxygen atoms in total.